The van der Waals surface area contributed by atoms with E-state index >= 15 is 0 Å². The molecule has 1 N–H and O–H groups in total. The molecule has 124 valence electrons. The first-order valence-corrected chi connectivity index (χ1v) is 8.68. The van der Waals surface area contributed by atoms with Crippen molar-refractivity contribution in [2.24, 2.45) is 0 Å². The summed E-state index contributed by atoms with van der Waals surface area (Å²) >= 11 is 0. The number of anilines is 1. The van der Waals surface area contributed by atoms with Gasteiger partial charge in [-0.1, -0.05) is 18.6 Å². The van der Waals surface area contributed by atoms with Crippen LogP contribution in [0.1, 0.15) is 42.5 Å². The van der Waals surface area contributed by atoms with Crippen molar-refractivity contribution in [2.75, 3.05) is 11.9 Å². The maximum absolute atomic E-state index is 13.0. The Morgan fingerprint density at radius 3 is 2.79 bits per heavy atom. The number of nitrogens with zero attached hydrogens (tertiary/aromatic N) is 1. The molecule has 1 fully saturated rings. The molecule has 2 aromatic rings. The second-order valence-electron chi connectivity index (χ2n) is 6.91. The van der Waals surface area contributed by atoms with Crippen molar-refractivity contribution in [3.63, 3.8) is 0 Å². The Morgan fingerprint density at radius 1 is 1.21 bits per heavy atom. The Hall–Kier alpha value is -2.23. The first-order chi connectivity index (χ1) is 11.7. The van der Waals surface area contributed by atoms with Gasteiger partial charge < -0.3 is 5.32 Å². The lowest BCUT2D eigenvalue weighted by atomic mass is 9.61. The third-order valence-corrected chi connectivity index (χ3v) is 5.47. The number of fused-ring (bicyclic) bond motifs is 1. The number of carbonyl (C=O) groups is 1. The van der Waals surface area contributed by atoms with Crippen molar-refractivity contribution in [3.05, 3.63) is 59.2 Å². The second-order valence-corrected chi connectivity index (χ2v) is 6.91. The largest absolute Gasteiger partial charge is 0.385 e. The molecule has 4 heteroatoms. The van der Waals surface area contributed by atoms with Crippen molar-refractivity contribution >= 4 is 11.5 Å². The molecule has 1 aromatic carbocycles. The fourth-order valence-corrected chi connectivity index (χ4v) is 3.88. The van der Waals surface area contributed by atoms with E-state index in [1.165, 1.54) is 23.5 Å². The zero-order valence-electron chi connectivity index (χ0n) is 13.6. The van der Waals surface area contributed by atoms with Gasteiger partial charge in [0.1, 0.15) is 11.6 Å². The molecular weight excluding hydrogens is 303 g/mol. The van der Waals surface area contributed by atoms with E-state index in [-0.39, 0.29) is 23.4 Å². The van der Waals surface area contributed by atoms with Crippen LogP contribution in [-0.4, -0.2) is 17.3 Å². The quantitative estimate of drug-likeness (QED) is 0.930. The van der Waals surface area contributed by atoms with Gasteiger partial charge >= 0.3 is 0 Å². The number of halogens is 1. The predicted molar refractivity (Wildman–Crippen MR) is 91.7 cm³/mol. The van der Waals surface area contributed by atoms with E-state index in [1.807, 2.05) is 0 Å². The molecule has 1 aliphatic carbocycles. The van der Waals surface area contributed by atoms with Crippen molar-refractivity contribution < 1.29 is 9.18 Å². The summed E-state index contributed by atoms with van der Waals surface area (Å²) < 4.78 is 13.0. The third kappa shape index (κ3) is 2.60. The Labute approximate surface area is 141 Å². The Morgan fingerprint density at radius 2 is 2.08 bits per heavy atom. The number of Topliss-reactive ketones (excluding diaryl/α,β-unsaturated/α-hetero) is 1. The minimum atomic E-state index is -0.372. The lowest BCUT2D eigenvalue weighted by molar-refractivity contribution is -0.127. The molecule has 24 heavy (non-hydrogen) atoms. The van der Waals surface area contributed by atoms with Gasteiger partial charge in [-0.05, 0) is 55.0 Å². The average Bonchev–Trinajstić information content (AvgIpc) is 2.56. The Balaban J connectivity index is 1.61. The zero-order chi connectivity index (χ0) is 16.6. The molecule has 0 atom stereocenters. The summed E-state index contributed by atoms with van der Waals surface area (Å²) in [5.74, 6) is -0.164. The molecule has 0 saturated heterocycles. The number of aromatic nitrogens is 1. The van der Waals surface area contributed by atoms with Gasteiger partial charge in [-0.15, -0.1) is 0 Å². The average molecular weight is 324 g/mol. The zero-order valence-corrected chi connectivity index (χ0v) is 13.6. The van der Waals surface area contributed by atoms with Crippen molar-refractivity contribution in [1.29, 1.82) is 0 Å². The van der Waals surface area contributed by atoms with Crippen LogP contribution in [0.3, 0.4) is 0 Å². The number of hydrogen-bond acceptors (Lipinski definition) is 3. The number of pyridine rings is 1. The molecule has 1 aromatic heterocycles. The lowest BCUT2D eigenvalue weighted by Gasteiger charge is -2.41. The van der Waals surface area contributed by atoms with Gasteiger partial charge in [-0.3, -0.25) is 9.78 Å². The molecule has 2 aliphatic rings. The number of rotatable bonds is 4. The van der Waals surface area contributed by atoms with Crippen LogP contribution in [0.5, 0.6) is 0 Å². The molecule has 0 bridgehead atoms. The van der Waals surface area contributed by atoms with E-state index in [2.05, 4.69) is 28.5 Å². The summed E-state index contributed by atoms with van der Waals surface area (Å²) in [7, 11) is 0. The highest BCUT2D eigenvalue weighted by Gasteiger charge is 2.45. The number of aryl methyl sites for hydroxylation is 1. The van der Waals surface area contributed by atoms with Crippen LogP contribution in [0.25, 0.3) is 0 Å². The lowest BCUT2D eigenvalue weighted by Crippen LogP contribution is -2.43. The van der Waals surface area contributed by atoms with Gasteiger partial charge in [-0.25, -0.2) is 4.39 Å². The molecule has 0 radical (unpaired) electrons. The van der Waals surface area contributed by atoms with Crippen LogP contribution in [0.15, 0.2) is 36.5 Å². The molecule has 1 aliphatic heterocycles. The highest BCUT2D eigenvalue weighted by atomic mass is 19.1. The molecule has 0 amide bonds. The van der Waals surface area contributed by atoms with Crippen LogP contribution in [0, 0.1) is 5.82 Å². The van der Waals surface area contributed by atoms with Crippen molar-refractivity contribution in [2.45, 2.75) is 43.9 Å². The minimum absolute atomic E-state index is 0.205. The second kappa shape index (κ2) is 6.00. The van der Waals surface area contributed by atoms with Gasteiger partial charge in [-0.2, -0.15) is 0 Å². The van der Waals surface area contributed by atoms with Gasteiger partial charge in [0.05, 0.1) is 11.6 Å². The Bertz CT molecular complexity index is 766. The minimum Gasteiger partial charge on any atom is -0.385 e. The van der Waals surface area contributed by atoms with Crippen LogP contribution in [-0.2, 0) is 23.1 Å². The fourth-order valence-electron chi connectivity index (χ4n) is 3.88. The Kier molecular flexibility index (Phi) is 3.83. The molecule has 0 spiro atoms. The summed E-state index contributed by atoms with van der Waals surface area (Å²) in [5, 5.41) is 3.42. The van der Waals surface area contributed by atoms with Gasteiger partial charge in [0.2, 0.25) is 0 Å². The van der Waals surface area contributed by atoms with Gasteiger partial charge in [0.15, 0.2) is 0 Å². The monoisotopic (exact) mass is 324 g/mol. The molecular formula is C20H21FN2O. The van der Waals surface area contributed by atoms with E-state index in [0.29, 0.717) is 5.69 Å². The highest BCUT2D eigenvalue weighted by Crippen LogP contribution is 2.46. The van der Waals surface area contributed by atoms with E-state index in [1.54, 1.807) is 6.07 Å². The van der Waals surface area contributed by atoms with Crippen LogP contribution < -0.4 is 5.32 Å². The topological polar surface area (TPSA) is 42.0 Å². The number of benzene rings is 1. The van der Waals surface area contributed by atoms with E-state index in [0.717, 1.165) is 44.2 Å². The molecule has 3 nitrogen and oxygen atoms in total. The molecule has 0 unspecified atom stereocenters. The fraction of sp³-hybridized carbons (Fsp3) is 0.400. The smallest absolute Gasteiger partial charge is 0.149 e. The highest BCUT2D eigenvalue weighted by molar-refractivity contribution is 5.92. The van der Waals surface area contributed by atoms with Crippen molar-refractivity contribution in [1.82, 2.24) is 4.98 Å². The number of carbonyl (C=O) groups excluding carboxylic acids is 1. The van der Waals surface area contributed by atoms with Crippen LogP contribution >= 0.6 is 0 Å². The predicted octanol–water partition coefficient (Wildman–Crippen LogP) is 3.81. The standard InChI is InChI=1S/C20H21FN2O/c21-16-5-6-17(23-13-16)12-19(24)20(8-2-9-20)15-4-7-18-14(11-15)3-1-10-22-18/h4-7,11,13,22H,1-3,8-10,12H2. The van der Waals surface area contributed by atoms with E-state index in [9.17, 15) is 9.18 Å². The third-order valence-electron chi connectivity index (χ3n) is 5.47. The maximum atomic E-state index is 13.0. The molecule has 4 rings (SSSR count). The summed E-state index contributed by atoms with van der Waals surface area (Å²) in [6, 6.07) is 9.42. The number of ketones is 1. The van der Waals surface area contributed by atoms with Crippen molar-refractivity contribution in [3.8, 4) is 0 Å². The van der Waals surface area contributed by atoms with Gasteiger partial charge in [0.25, 0.3) is 0 Å². The summed E-state index contributed by atoms with van der Waals surface area (Å²) in [6.07, 6.45) is 6.55. The number of hydrogen-bond donors (Lipinski definition) is 1. The summed E-state index contributed by atoms with van der Waals surface area (Å²) in [4.78, 5) is 17.1. The van der Waals surface area contributed by atoms with Crippen LogP contribution in [0.4, 0.5) is 10.1 Å². The van der Waals surface area contributed by atoms with E-state index in [4.69, 9.17) is 0 Å². The number of nitrogens with one attached hydrogen (secondary N) is 1. The van der Waals surface area contributed by atoms with Crippen LogP contribution in [0.2, 0.25) is 0 Å². The summed E-state index contributed by atoms with van der Waals surface area (Å²) in [5.41, 5.74) is 3.93. The maximum Gasteiger partial charge on any atom is 0.149 e. The first-order valence-electron chi connectivity index (χ1n) is 8.68. The normalized spacial score (nSPS) is 18.2. The molecule has 1 saturated carbocycles. The first kappa shape index (κ1) is 15.3. The SMILES string of the molecule is O=C(Cc1ccc(F)cn1)C1(c2ccc3c(c2)CCCN3)CCC1. The van der Waals surface area contributed by atoms with Gasteiger partial charge in [0, 0.05) is 24.3 Å². The van der Waals surface area contributed by atoms with E-state index < -0.39 is 0 Å². The summed E-state index contributed by atoms with van der Waals surface area (Å²) in [6.45, 7) is 1.02. The molecule has 2 heterocycles.